The molecule has 0 unspecified atom stereocenters. The maximum absolute atomic E-state index is 13.0. The van der Waals surface area contributed by atoms with Gasteiger partial charge in [0.1, 0.15) is 18.0 Å². The van der Waals surface area contributed by atoms with Crippen molar-refractivity contribution >= 4 is 5.69 Å². The molecule has 1 N–H and O–H groups in total. The van der Waals surface area contributed by atoms with E-state index in [2.05, 4.69) is 5.32 Å². The predicted molar refractivity (Wildman–Crippen MR) is 40.3 cm³/mol. The van der Waals surface area contributed by atoms with Gasteiger partial charge in [0.15, 0.2) is 11.6 Å². The first-order valence-electron chi connectivity index (χ1n) is 3.64. The Balaban J connectivity index is 2.54. The third-order valence-electron chi connectivity index (χ3n) is 1.72. The molecule has 1 aromatic carbocycles. The van der Waals surface area contributed by atoms with Gasteiger partial charge in [-0.25, -0.2) is 8.78 Å². The number of anilines is 1. The molecule has 0 saturated carbocycles. The van der Waals surface area contributed by atoms with Crippen LogP contribution in [-0.4, -0.2) is 13.2 Å². The molecular formula is C8H7F2NO. The van der Waals surface area contributed by atoms with Crippen molar-refractivity contribution in [2.24, 2.45) is 0 Å². The summed E-state index contributed by atoms with van der Waals surface area (Å²) in [6.07, 6.45) is 0. The Morgan fingerprint density at radius 3 is 3.00 bits per heavy atom. The van der Waals surface area contributed by atoms with E-state index in [4.69, 9.17) is 4.74 Å². The molecule has 1 aromatic rings. The van der Waals surface area contributed by atoms with Crippen LogP contribution in [0.4, 0.5) is 14.5 Å². The van der Waals surface area contributed by atoms with E-state index in [9.17, 15) is 8.78 Å². The molecule has 1 aliphatic rings. The zero-order chi connectivity index (χ0) is 8.55. The van der Waals surface area contributed by atoms with Gasteiger partial charge in [0, 0.05) is 6.54 Å². The fourth-order valence-electron chi connectivity index (χ4n) is 1.15. The molecule has 0 fully saturated rings. The summed E-state index contributed by atoms with van der Waals surface area (Å²) in [5.41, 5.74) is 0.126. The van der Waals surface area contributed by atoms with E-state index in [1.54, 1.807) is 0 Å². The van der Waals surface area contributed by atoms with Crippen LogP contribution in [0.15, 0.2) is 12.1 Å². The number of ether oxygens (including phenoxy) is 1. The second kappa shape index (κ2) is 2.62. The molecule has 0 radical (unpaired) electrons. The highest BCUT2D eigenvalue weighted by atomic mass is 19.2. The Morgan fingerprint density at radius 2 is 2.17 bits per heavy atom. The highest BCUT2D eigenvalue weighted by Gasteiger charge is 2.16. The molecular weight excluding hydrogens is 164 g/mol. The third-order valence-corrected chi connectivity index (χ3v) is 1.72. The van der Waals surface area contributed by atoms with Crippen LogP contribution in [0, 0.1) is 11.6 Å². The van der Waals surface area contributed by atoms with Crippen LogP contribution >= 0.6 is 0 Å². The van der Waals surface area contributed by atoms with Gasteiger partial charge in [-0.2, -0.15) is 0 Å². The number of hydrogen-bond donors (Lipinski definition) is 1. The lowest BCUT2D eigenvalue weighted by atomic mass is 10.2. The van der Waals surface area contributed by atoms with Crippen molar-refractivity contribution in [1.82, 2.24) is 0 Å². The Hall–Kier alpha value is -1.32. The molecule has 0 bridgehead atoms. The van der Waals surface area contributed by atoms with Crippen molar-refractivity contribution in [3.8, 4) is 5.75 Å². The summed E-state index contributed by atoms with van der Waals surface area (Å²) in [6.45, 7) is 0.992. The zero-order valence-corrected chi connectivity index (χ0v) is 6.23. The van der Waals surface area contributed by atoms with E-state index in [-0.39, 0.29) is 5.69 Å². The summed E-state index contributed by atoms with van der Waals surface area (Å²) in [5.74, 6) is -1.35. The summed E-state index contributed by atoms with van der Waals surface area (Å²) in [5, 5.41) is 2.73. The topological polar surface area (TPSA) is 21.3 Å². The van der Waals surface area contributed by atoms with Crippen LogP contribution in [0.2, 0.25) is 0 Å². The molecule has 4 heteroatoms. The SMILES string of the molecule is Fc1ccc2c(c1F)NCCO2. The summed E-state index contributed by atoms with van der Waals surface area (Å²) in [6, 6.07) is 2.47. The van der Waals surface area contributed by atoms with E-state index in [1.165, 1.54) is 6.07 Å². The standard InChI is InChI=1S/C8H7F2NO/c9-5-1-2-6-8(7(5)10)11-3-4-12-6/h1-2,11H,3-4H2. The average Bonchev–Trinajstić information content (AvgIpc) is 2.12. The summed E-state index contributed by atoms with van der Waals surface area (Å²) >= 11 is 0. The van der Waals surface area contributed by atoms with Gasteiger partial charge < -0.3 is 10.1 Å². The summed E-state index contributed by atoms with van der Waals surface area (Å²) < 4.78 is 30.7. The lowest BCUT2D eigenvalue weighted by Crippen LogP contribution is -2.19. The highest BCUT2D eigenvalue weighted by molar-refractivity contribution is 5.58. The summed E-state index contributed by atoms with van der Waals surface area (Å²) in [4.78, 5) is 0. The van der Waals surface area contributed by atoms with Gasteiger partial charge in [-0.05, 0) is 12.1 Å². The maximum Gasteiger partial charge on any atom is 0.185 e. The smallest absolute Gasteiger partial charge is 0.185 e. The van der Waals surface area contributed by atoms with E-state index in [1.807, 2.05) is 0 Å². The fourth-order valence-corrected chi connectivity index (χ4v) is 1.15. The summed E-state index contributed by atoms with van der Waals surface area (Å²) in [7, 11) is 0. The van der Waals surface area contributed by atoms with Gasteiger partial charge in [0.05, 0.1) is 0 Å². The Labute approximate surface area is 68.1 Å². The van der Waals surface area contributed by atoms with Gasteiger partial charge in [-0.15, -0.1) is 0 Å². The number of hydrogen-bond acceptors (Lipinski definition) is 2. The minimum atomic E-state index is -0.868. The Bertz CT molecular complexity index is 314. The minimum absolute atomic E-state index is 0.126. The molecule has 0 atom stereocenters. The number of benzene rings is 1. The van der Waals surface area contributed by atoms with Gasteiger partial charge in [-0.3, -0.25) is 0 Å². The molecule has 0 aliphatic carbocycles. The quantitative estimate of drug-likeness (QED) is 0.642. The van der Waals surface area contributed by atoms with Crippen LogP contribution in [-0.2, 0) is 0 Å². The number of rotatable bonds is 0. The van der Waals surface area contributed by atoms with Gasteiger partial charge in [-0.1, -0.05) is 0 Å². The average molecular weight is 171 g/mol. The largest absolute Gasteiger partial charge is 0.489 e. The second-order valence-electron chi connectivity index (χ2n) is 2.51. The van der Waals surface area contributed by atoms with Crippen molar-refractivity contribution in [2.45, 2.75) is 0 Å². The van der Waals surface area contributed by atoms with Crippen molar-refractivity contribution in [3.63, 3.8) is 0 Å². The second-order valence-corrected chi connectivity index (χ2v) is 2.51. The van der Waals surface area contributed by atoms with Crippen LogP contribution in [0.25, 0.3) is 0 Å². The van der Waals surface area contributed by atoms with E-state index in [0.717, 1.165) is 6.07 Å². The fraction of sp³-hybridized carbons (Fsp3) is 0.250. The van der Waals surface area contributed by atoms with E-state index >= 15 is 0 Å². The first kappa shape index (κ1) is 7.34. The van der Waals surface area contributed by atoms with Crippen LogP contribution in [0.1, 0.15) is 0 Å². The molecule has 2 rings (SSSR count). The van der Waals surface area contributed by atoms with Crippen LogP contribution in [0.5, 0.6) is 5.75 Å². The van der Waals surface area contributed by atoms with Crippen LogP contribution < -0.4 is 10.1 Å². The lowest BCUT2D eigenvalue weighted by Gasteiger charge is -2.19. The van der Waals surface area contributed by atoms with Gasteiger partial charge in [0.2, 0.25) is 0 Å². The van der Waals surface area contributed by atoms with E-state index < -0.39 is 11.6 Å². The normalized spacial score (nSPS) is 14.5. The highest BCUT2D eigenvalue weighted by Crippen LogP contribution is 2.30. The van der Waals surface area contributed by atoms with Crippen molar-refractivity contribution < 1.29 is 13.5 Å². The van der Waals surface area contributed by atoms with Crippen LogP contribution in [0.3, 0.4) is 0 Å². The molecule has 64 valence electrons. The minimum Gasteiger partial charge on any atom is -0.489 e. The molecule has 0 saturated heterocycles. The molecule has 0 amide bonds. The monoisotopic (exact) mass is 171 g/mol. The molecule has 1 heterocycles. The third kappa shape index (κ3) is 0.995. The molecule has 0 spiro atoms. The molecule has 0 aromatic heterocycles. The Morgan fingerprint density at radius 1 is 1.33 bits per heavy atom. The first-order chi connectivity index (χ1) is 5.79. The molecule has 2 nitrogen and oxygen atoms in total. The predicted octanol–water partition coefficient (Wildman–Crippen LogP) is 1.77. The van der Waals surface area contributed by atoms with Crippen molar-refractivity contribution in [1.29, 1.82) is 0 Å². The number of nitrogens with one attached hydrogen (secondary N) is 1. The number of halogens is 2. The van der Waals surface area contributed by atoms with Gasteiger partial charge >= 0.3 is 0 Å². The lowest BCUT2D eigenvalue weighted by molar-refractivity contribution is 0.318. The van der Waals surface area contributed by atoms with Crippen molar-refractivity contribution in [3.05, 3.63) is 23.8 Å². The molecule has 1 aliphatic heterocycles. The molecule has 12 heavy (non-hydrogen) atoms. The maximum atomic E-state index is 13.0. The zero-order valence-electron chi connectivity index (χ0n) is 6.23. The van der Waals surface area contributed by atoms with Crippen molar-refractivity contribution in [2.75, 3.05) is 18.5 Å². The first-order valence-corrected chi connectivity index (χ1v) is 3.64. The Kier molecular flexibility index (Phi) is 1.60. The van der Waals surface area contributed by atoms with Gasteiger partial charge in [0.25, 0.3) is 0 Å². The van der Waals surface area contributed by atoms with E-state index in [0.29, 0.717) is 18.9 Å². The number of fused-ring (bicyclic) bond motifs is 1.